The molecule has 0 amide bonds. The second kappa shape index (κ2) is 4.07. The molecule has 7 heteroatoms. The van der Waals surface area contributed by atoms with Crippen molar-refractivity contribution in [2.24, 2.45) is 0 Å². The second-order valence-electron chi connectivity index (χ2n) is 3.23. The van der Waals surface area contributed by atoms with E-state index in [1.54, 1.807) is 24.3 Å². The summed E-state index contributed by atoms with van der Waals surface area (Å²) in [4.78, 5) is 11.7. The van der Waals surface area contributed by atoms with Gasteiger partial charge >= 0.3 is 5.69 Å². The smallest absolute Gasteiger partial charge is 0.370 e. The van der Waals surface area contributed by atoms with Gasteiger partial charge in [0.05, 0.1) is 5.69 Å². The van der Waals surface area contributed by atoms with E-state index in [2.05, 4.69) is 10.4 Å². The molecule has 1 aromatic heterocycles. The Morgan fingerprint density at radius 3 is 2.75 bits per heavy atom. The molecule has 0 spiro atoms. The van der Waals surface area contributed by atoms with Crippen LogP contribution in [0.25, 0.3) is 5.69 Å². The molecular weight excluding hydrogens is 232 g/mol. The normalized spacial score (nSPS) is 12.7. The van der Waals surface area contributed by atoms with E-state index in [0.717, 1.165) is 9.36 Å². The van der Waals surface area contributed by atoms with Crippen LogP contribution in [0.15, 0.2) is 29.1 Å². The van der Waals surface area contributed by atoms with Gasteiger partial charge in [0.25, 0.3) is 0 Å². The summed E-state index contributed by atoms with van der Waals surface area (Å²) in [6, 6.07) is 6.65. The third-order valence-electron chi connectivity index (χ3n) is 2.01. The lowest BCUT2D eigenvalue weighted by Crippen LogP contribution is -2.26. The number of nitrogens with zero attached hydrogens (tertiary/aromatic N) is 4. The molecular formula is C9H9ClN4O2. The largest absolute Gasteiger partial charge is 0.372 e. The second-order valence-corrected chi connectivity index (χ2v) is 3.67. The fraction of sp³-hybridized carbons (Fsp3) is 0.222. The Morgan fingerprint density at radius 1 is 1.44 bits per heavy atom. The quantitative estimate of drug-likeness (QED) is 0.834. The molecule has 1 N–H and O–H groups in total. The van der Waals surface area contributed by atoms with Crippen LogP contribution < -0.4 is 5.69 Å². The first-order valence-electron chi connectivity index (χ1n) is 4.58. The standard InChI is InChI=1S/C9H9ClN4O2/c1-6(15)13-9(16)14(12-11-13)8-4-2-3-7(10)5-8/h2-6,15H,1H3. The van der Waals surface area contributed by atoms with Gasteiger partial charge in [0, 0.05) is 5.02 Å². The Kier molecular flexibility index (Phi) is 2.76. The van der Waals surface area contributed by atoms with Crippen molar-refractivity contribution in [1.82, 2.24) is 19.8 Å². The van der Waals surface area contributed by atoms with Crippen LogP contribution in [-0.4, -0.2) is 24.9 Å². The lowest BCUT2D eigenvalue weighted by Gasteiger charge is -2.00. The molecule has 0 radical (unpaired) electrons. The highest BCUT2D eigenvalue weighted by Crippen LogP contribution is 2.12. The van der Waals surface area contributed by atoms with Crippen molar-refractivity contribution >= 4 is 11.6 Å². The molecule has 1 atom stereocenters. The summed E-state index contributed by atoms with van der Waals surface area (Å²) in [6.45, 7) is 1.43. The fourth-order valence-electron chi connectivity index (χ4n) is 1.26. The molecule has 0 aliphatic heterocycles. The van der Waals surface area contributed by atoms with Gasteiger partial charge in [-0.25, -0.2) is 4.79 Å². The highest BCUT2D eigenvalue weighted by molar-refractivity contribution is 6.30. The van der Waals surface area contributed by atoms with Crippen molar-refractivity contribution in [3.8, 4) is 5.69 Å². The summed E-state index contributed by atoms with van der Waals surface area (Å²) in [6.07, 6.45) is -1.01. The van der Waals surface area contributed by atoms with Crippen LogP contribution in [0.2, 0.25) is 5.02 Å². The molecule has 0 saturated heterocycles. The van der Waals surface area contributed by atoms with Crippen molar-refractivity contribution in [2.45, 2.75) is 13.2 Å². The highest BCUT2D eigenvalue weighted by atomic mass is 35.5. The number of aliphatic hydroxyl groups excluding tert-OH is 1. The Morgan fingerprint density at radius 2 is 2.19 bits per heavy atom. The average Bonchev–Trinajstić information content (AvgIpc) is 2.60. The van der Waals surface area contributed by atoms with Crippen LogP contribution in [0, 0.1) is 0 Å². The summed E-state index contributed by atoms with van der Waals surface area (Å²) in [5.74, 6) is 0. The monoisotopic (exact) mass is 240 g/mol. The maximum Gasteiger partial charge on any atom is 0.370 e. The number of aliphatic hydroxyl groups is 1. The van der Waals surface area contributed by atoms with E-state index in [4.69, 9.17) is 11.6 Å². The van der Waals surface area contributed by atoms with E-state index in [0.29, 0.717) is 10.7 Å². The Hall–Kier alpha value is -1.66. The van der Waals surface area contributed by atoms with Gasteiger partial charge in [-0.05, 0) is 35.5 Å². The number of benzene rings is 1. The van der Waals surface area contributed by atoms with E-state index in [9.17, 15) is 9.90 Å². The van der Waals surface area contributed by atoms with E-state index in [1.807, 2.05) is 0 Å². The molecule has 0 aliphatic carbocycles. The molecule has 6 nitrogen and oxygen atoms in total. The van der Waals surface area contributed by atoms with E-state index < -0.39 is 11.9 Å². The number of hydrogen-bond acceptors (Lipinski definition) is 4. The number of rotatable bonds is 2. The van der Waals surface area contributed by atoms with Crippen molar-refractivity contribution in [2.75, 3.05) is 0 Å². The lowest BCUT2D eigenvalue weighted by atomic mass is 10.3. The molecule has 1 unspecified atom stereocenters. The van der Waals surface area contributed by atoms with E-state index in [1.165, 1.54) is 6.92 Å². The molecule has 1 heterocycles. The molecule has 0 aliphatic rings. The van der Waals surface area contributed by atoms with Gasteiger partial charge in [-0.1, -0.05) is 17.7 Å². The first-order valence-corrected chi connectivity index (χ1v) is 4.96. The summed E-state index contributed by atoms with van der Waals surface area (Å²) in [5.41, 5.74) is -0.0123. The molecule has 2 aromatic rings. The Bertz CT molecular complexity index is 561. The van der Waals surface area contributed by atoms with Crippen LogP contribution >= 0.6 is 11.6 Å². The molecule has 16 heavy (non-hydrogen) atoms. The zero-order chi connectivity index (χ0) is 11.7. The van der Waals surface area contributed by atoms with Gasteiger partial charge in [0.1, 0.15) is 0 Å². The van der Waals surface area contributed by atoms with Crippen LogP contribution in [-0.2, 0) is 0 Å². The van der Waals surface area contributed by atoms with E-state index in [-0.39, 0.29) is 0 Å². The number of hydrogen-bond donors (Lipinski definition) is 1. The molecule has 2 rings (SSSR count). The lowest BCUT2D eigenvalue weighted by molar-refractivity contribution is 0.104. The van der Waals surface area contributed by atoms with Crippen LogP contribution in [0.4, 0.5) is 0 Å². The SMILES string of the molecule is CC(O)n1nnn(-c2cccc(Cl)c2)c1=O. The topological polar surface area (TPSA) is 72.9 Å². The number of aromatic nitrogens is 4. The van der Waals surface area contributed by atoms with Crippen molar-refractivity contribution in [3.05, 3.63) is 39.8 Å². The predicted molar refractivity (Wildman–Crippen MR) is 57.6 cm³/mol. The fourth-order valence-corrected chi connectivity index (χ4v) is 1.45. The molecule has 0 fully saturated rings. The van der Waals surface area contributed by atoms with Crippen molar-refractivity contribution < 1.29 is 5.11 Å². The third-order valence-corrected chi connectivity index (χ3v) is 2.24. The molecule has 0 bridgehead atoms. The zero-order valence-corrected chi connectivity index (χ0v) is 9.16. The summed E-state index contributed by atoms with van der Waals surface area (Å²) >= 11 is 5.80. The molecule has 0 saturated carbocycles. The Balaban J connectivity index is 2.54. The van der Waals surface area contributed by atoms with Gasteiger partial charge in [-0.2, -0.15) is 9.36 Å². The predicted octanol–water partition coefficient (Wildman–Crippen LogP) is 0.593. The third kappa shape index (κ3) is 1.84. The maximum atomic E-state index is 11.7. The van der Waals surface area contributed by atoms with Crippen molar-refractivity contribution in [3.63, 3.8) is 0 Å². The number of tetrazole rings is 1. The van der Waals surface area contributed by atoms with Gasteiger partial charge in [-0.3, -0.25) is 0 Å². The zero-order valence-electron chi connectivity index (χ0n) is 8.41. The minimum absolute atomic E-state index is 0.496. The van der Waals surface area contributed by atoms with Crippen LogP contribution in [0.5, 0.6) is 0 Å². The minimum Gasteiger partial charge on any atom is -0.372 e. The summed E-state index contributed by atoms with van der Waals surface area (Å²) in [5, 5.41) is 16.9. The van der Waals surface area contributed by atoms with Crippen molar-refractivity contribution in [1.29, 1.82) is 0 Å². The first-order chi connectivity index (χ1) is 7.59. The highest BCUT2D eigenvalue weighted by Gasteiger charge is 2.11. The van der Waals surface area contributed by atoms with E-state index >= 15 is 0 Å². The first kappa shape index (κ1) is 10.8. The maximum absolute atomic E-state index is 11.7. The van der Waals surface area contributed by atoms with Crippen LogP contribution in [0.1, 0.15) is 13.2 Å². The number of halogens is 1. The van der Waals surface area contributed by atoms with Gasteiger partial charge in [0.15, 0.2) is 6.23 Å². The minimum atomic E-state index is -1.01. The van der Waals surface area contributed by atoms with Gasteiger partial charge < -0.3 is 5.11 Å². The molecule has 84 valence electrons. The average molecular weight is 241 g/mol. The molecule has 1 aromatic carbocycles. The summed E-state index contributed by atoms with van der Waals surface area (Å²) < 4.78 is 1.94. The van der Waals surface area contributed by atoms with Gasteiger partial charge in [-0.15, -0.1) is 0 Å². The summed E-state index contributed by atoms with van der Waals surface area (Å²) in [7, 11) is 0. The van der Waals surface area contributed by atoms with Crippen LogP contribution in [0.3, 0.4) is 0 Å². The Labute approximate surface area is 95.7 Å². The van der Waals surface area contributed by atoms with Gasteiger partial charge in [0.2, 0.25) is 0 Å².